The van der Waals surface area contributed by atoms with Crippen molar-refractivity contribution in [3.05, 3.63) is 58.9 Å². The van der Waals surface area contributed by atoms with Crippen molar-refractivity contribution in [3.8, 4) is 0 Å². The Bertz CT molecular complexity index is 943. The second-order valence-electron chi connectivity index (χ2n) is 6.98. The molecule has 1 saturated heterocycles. The van der Waals surface area contributed by atoms with Crippen molar-refractivity contribution in [1.82, 2.24) is 14.8 Å². The average Bonchev–Trinajstić information content (AvgIpc) is 3.29. The number of hydrogen-bond acceptors (Lipinski definition) is 4. The Balaban J connectivity index is 1.42. The van der Waals surface area contributed by atoms with Crippen molar-refractivity contribution < 1.29 is 13.9 Å². The minimum absolute atomic E-state index is 0.0876. The number of halogens is 1. The summed E-state index contributed by atoms with van der Waals surface area (Å²) in [6.45, 7) is 5.68. The van der Waals surface area contributed by atoms with Crippen LogP contribution < -0.4 is 5.32 Å². The first-order valence-electron chi connectivity index (χ1n) is 9.60. The molecule has 1 aliphatic heterocycles. The number of nitrogens with one attached hydrogen (secondary N) is 1. The number of benzene rings is 1. The van der Waals surface area contributed by atoms with Crippen LogP contribution >= 0.6 is 11.6 Å². The third-order valence-corrected chi connectivity index (χ3v) is 5.26. The van der Waals surface area contributed by atoms with Crippen molar-refractivity contribution in [1.29, 1.82) is 0 Å². The van der Waals surface area contributed by atoms with E-state index in [2.05, 4.69) is 10.2 Å². The summed E-state index contributed by atoms with van der Waals surface area (Å²) in [7, 11) is 0. The molecule has 148 valence electrons. The number of carbonyl (C=O) groups excluding carboxylic acids is 1. The van der Waals surface area contributed by atoms with Gasteiger partial charge in [-0.2, -0.15) is 0 Å². The predicted octanol–water partition coefficient (Wildman–Crippen LogP) is 3.39. The average molecular weight is 402 g/mol. The zero-order valence-electron chi connectivity index (χ0n) is 15.7. The molecule has 0 saturated carbocycles. The minimum Gasteiger partial charge on any atom is -0.463 e. The number of rotatable bonds is 7. The lowest BCUT2D eigenvalue weighted by Crippen LogP contribution is -2.38. The molecule has 7 heteroatoms. The van der Waals surface area contributed by atoms with Gasteiger partial charge in [-0.3, -0.25) is 9.69 Å². The SMILES string of the molecule is O=C(NCCCN1CCOCC1)c1cc2occc2n1Cc1cccc(Cl)c1. The van der Waals surface area contributed by atoms with Gasteiger partial charge in [-0.05, 0) is 30.7 Å². The van der Waals surface area contributed by atoms with E-state index < -0.39 is 0 Å². The highest BCUT2D eigenvalue weighted by molar-refractivity contribution is 6.30. The van der Waals surface area contributed by atoms with Gasteiger partial charge in [0.2, 0.25) is 0 Å². The van der Waals surface area contributed by atoms with E-state index >= 15 is 0 Å². The lowest BCUT2D eigenvalue weighted by Gasteiger charge is -2.26. The molecule has 1 N–H and O–H groups in total. The summed E-state index contributed by atoms with van der Waals surface area (Å²) in [5.74, 6) is -0.0876. The second kappa shape index (κ2) is 8.82. The van der Waals surface area contributed by atoms with Gasteiger partial charge in [0.25, 0.3) is 5.91 Å². The smallest absolute Gasteiger partial charge is 0.268 e. The molecule has 6 nitrogen and oxygen atoms in total. The summed E-state index contributed by atoms with van der Waals surface area (Å²) < 4.78 is 12.8. The Morgan fingerprint density at radius 3 is 2.86 bits per heavy atom. The minimum atomic E-state index is -0.0876. The molecule has 28 heavy (non-hydrogen) atoms. The number of furan rings is 1. The van der Waals surface area contributed by atoms with E-state index in [9.17, 15) is 4.79 Å². The first kappa shape index (κ1) is 19.1. The fourth-order valence-corrected chi connectivity index (χ4v) is 3.79. The van der Waals surface area contributed by atoms with E-state index in [1.807, 2.05) is 34.9 Å². The van der Waals surface area contributed by atoms with Crippen LogP contribution in [0.4, 0.5) is 0 Å². The van der Waals surface area contributed by atoms with Gasteiger partial charge in [0.05, 0.1) is 25.0 Å². The van der Waals surface area contributed by atoms with Crippen LogP contribution in [0.2, 0.25) is 5.02 Å². The van der Waals surface area contributed by atoms with Crippen LogP contribution in [0.5, 0.6) is 0 Å². The molecule has 0 bridgehead atoms. The molecule has 1 aliphatic rings. The van der Waals surface area contributed by atoms with E-state index in [4.69, 9.17) is 20.8 Å². The Morgan fingerprint density at radius 2 is 2.04 bits per heavy atom. The van der Waals surface area contributed by atoms with Gasteiger partial charge in [0, 0.05) is 43.3 Å². The molecule has 3 aromatic rings. The molecule has 0 spiro atoms. The molecule has 2 aromatic heterocycles. The third kappa shape index (κ3) is 4.41. The molecule has 0 unspecified atom stereocenters. The lowest BCUT2D eigenvalue weighted by molar-refractivity contribution is 0.0374. The second-order valence-corrected chi connectivity index (χ2v) is 7.42. The Labute approximate surface area is 169 Å². The van der Waals surface area contributed by atoms with E-state index in [1.54, 1.807) is 12.3 Å². The fraction of sp³-hybridized carbons (Fsp3) is 0.381. The highest BCUT2D eigenvalue weighted by Crippen LogP contribution is 2.23. The van der Waals surface area contributed by atoms with Gasteiger partial charge in [0.1, 0.15) is 5.69 Å². The zero-order chi connectivity index (χ0) is 19.3. The van der Waals surface area contributed by atoms with Crippen molar-refractivity contribution in [3.63, 3.8) is 0 Å². The molecule has 3 heterocycles. The summed E-state index contributed by atoms with van der Waals surface area (Å²) in [5, 5.41) is 3.72. The van der Waals surface area contributed by atoms with Crippen molar-refractivity contribution in [2.24, 2.45) is 0 Å². The van der Waals surface area contributed by atoms with Gasteiger partial charge in [-0.1, -0.05) is 23.7 Å². The standard InChI is InChI=1S/C21H24ClN3O3/c22-17-4-1-3-16(13-17)15-25-18-5-10-28-20(18)14-19(25)21(26)23-6-2-7-24-8-11-27-12-9-24/h1,3-5,10,13-14H,2,6-9,11-12,15H2,(H,23,26). The predicted molar refractivity (Wildman–Crippen MR) is 109 cm³/mol. The van der Waals surface area contributed by atoms with Crippen LogP contribution in [0.15, 0.2) is 47.1 Å². The quantitative estimate of drug-likeness (QED) is 0.616. The van der Waals surface area contributed by atoms with Crippen LogP contribution in [-0.2, 0) is 11.3 Å². The maximum absolute atomic E-state index is 12.8. The molecule has 0 aliphatic carbocycles. The summed E-state index contributed by atoms with van der Waals surface area (Å²) in [6, 6.07) is 11.4. The normalized spacial score (nSPS) is 15.2. The molecule has 1 amide bonds. The number of aromatic nitrogens is 1. The first-order chi connectivity index (χ1) is 13.7. The van der Waals surface area contributed by atoms with Crippen molar-refractivity contribution in [2.75, 3.05) is 39.4 Å². The molecule has 4 rings (SSSR count). The van der Waals surface area contributed by atoms with Crippen molar-refractivity contribution >= 4 is 28.6 Å². The van der Waals surface area contributed by atoms with E-state index in [0.29, 0.717) is 29.4 Å². The summed E-state index contributed by atoms with van der Waals surface area (Å²) >= 11 is 6.11. The number of morpholine rings is 1. The number of amides is 1. The van der Waals surface area contributed by atoms with Gasteiger partial charge >= 0.3 is 0 Å². The molecule has 0 atom stereocenters. The van der Waals surface area contributed by atoms with Crippen LogP contribution in [0.1, 0.15) is 22.5 Å². The monoisotopic (exact) mass is 401 g/mol. The van der Waals surface area contributed by atoms with Crippen molar-refractivity contribution in [2.45, 2.75) is 13.0 Å². The number of ether oxygens (including phenoxy) is 1. The lowest BCUT2D eigenvalue weighted by atomic mass is 10.2. The highest BCUT2D eigenvalue weighted by atomic mass is 35.5. The number of carbonyl (C=O) groups is 1. The Morgan fingerprint density at radius 1 is 1.18 bits per heavy atom. The van der Waals surface area contributed by atoms with Crippen LogP contribution in [0.25, 0.3) is 11.1 Å². The number of fused-ring (bicyclic) bond motifs is 1. The highest BCUT2D eigenvalue weighted by Gasteiger charge is 2.18. The molecule has 1 aromatic carbocycles. The fourth-order valence-electron chi connectivity index (χ4n) is 3.57. The maximum atomic E-state index is 12.8. The molecular weight excluding hydrogens is 378 g/mol. The van der Waals surface area contributed by atoms with E-state index in [1.165, 1.54) is 0 Å². The van der Waals surface area contributed by atoms with E-state index in [0.717, 1.165) is 50.3 Å². The van der Waals surface area contributed by atoms with Gasteiger partial charge < -0.3 is 19.0 Å². The summed E-state index contributed by atoms with van der Waals surface area (Å²) in [5.41, 5.74) is 3.24. The van der Waals surface area contributed by atoms with Crippen LogP contribution in [0, 0.1) is 0 Å². The number of hydrogen-bond donors (Lipinski definition) is 1. The Kier molecular flexibility index (Phi) is 6.00. The van der Waals surface area contributed by atoms with E-state index in [-0.39, 0.29) is 5.91 Å². The van der Waals surface area contributed by atoms with Crippen LogP contribution in [-0.4, -0.2) is 54.8 Å². The van der Waals surface area contributed by atoms with Gasteiger partial charge in [-0.15, -0.1) is 0 Å². The topological polar surface area (TPSA) is 59.6 Å². The summed E-state index contributed by atoms with van der Waals surface area (Å²) in [6.07, 6.45) is 2.56. The van der Waals surface area contributed by atoms with Crippen LogP contribution in [0.3, 0.4) is 0 Å². The maximum Gasteiger partial charge on any atom is 0.268 e. The Hall–Kier alpha value is -2.28. The molecule has 0 radical (unpaired) electrons. The largest absolute Gasteiger partial charge is 0.463 e. The van der Waals surface area contributed by atoms with Gasteiger partial charge in [0.15, 0.2) is 5.58 Å². The third-order valence-electron chi connectivity index (χ3n) is 5.03. The summed E-state index contributed by atoms with van der Waals surface area (Å²) in [4.78, 5) is 15.2. The first-order valence-corrected chi connectivity index (χ1v) is 9.98. The zero-order valence-corrected chi connectivity index (χ0v) is 16.5. The number of nitrogens with zero attached hydrogens (tertiary/aromatic N) is 2. The van der Waals surface area contributed by atoms with Gasteiger partial charge in [-0.25, -0.2) is 0 Å². The molecular formula is C21H24ClN3O3. The molecule has 1 fully saturated rings.